The predicted octanol–water partition coefficient (Wildman–Crippen LogP) is 5.80. The Bertz CT molecular complexity index is 1010. The lowest BCUT2D eigenvalue weighted by Crippen LogP contribution is -2.41. The summed E-state index contributed by atoms with van der Waals surface area (Å²) in [6.45, 7) is 0. The Morgan fingerprint density at radius 2 is 1.35 bits per heavy atom. The number of benzene rings is 2. The van der Waals surface area contributed by atoms with Gasteiger partial charge in [0.2, 0.25) is 0 Å². The SMILES string of the molecule is O=[N+]([O-])c1ccc(C(F)(F)F)c(Nc2ccc(OC(F)(F)C(F)(F)F)cc2)c1[N+](=O)[O-]. The van der Waals surface area contributed by atoms with Crippen molar-refractivity contribution in [3.63, 3.8) is 0 Å². The van der Waals surface area contributed by atoms with Gasteiger partial charge in [-0.15, -0.1) is 0 Å². The Morgan fingerprint density at radius 3 is 1.77 bits per heavy atom. The van der Waals surface area contributed by atoms with E-state index in [1.165, 1.54) is 0 Å². The minimum absolute atomic E-state index is 0.217. The Hall–Kier alpha value is -3.72. The highest BCUT2D eigenvalue weighted by atomic mass is 19.4. The van der Waals surface area contributed by atoms with Crippen molar-refractivity contribution in [3.8, 4) is 5.75 Å². The van der Waals surface area contributed by atoms with Crippen LogP contribution in [0.3, 0.4) is 0 Å². The first-order valence-corrected chi connectivity index (χ1v) is 7.58. The van der Waals surface area contributed by atoms with Crippen LogP contribution >= 0.6 is 0 Å². The Labute approximate surface area is 165 Å². The molecule has 0 spiro atoms. The first-order chi connectivity index (χ1) is 14.0. The van der Waals surface area contributed by atoms with E-state index >= 15 is 0 Å². The molecule has 0 aliphatic rings. The van der Waals surface area contributed by atoms with Crippen molar-refractivity contribution >= 4 is 22.7 Å². The highest BCUT2D eigenvalue weighted by Crippen LogP contribution is 2.45. The van der Waals surface area contributed by atoms with Crippen molar-refractivity contribution < 1.29 is 49.7 Å². The maximum absolute atomic E-state index is 13.2. The van der Waals surface area contributed by atoms with Gasteiger partial charge in [-0.05, 0) is 30.3 Å². The monoisotopic (exact) mass is 461 g/mol. The fourth-order valence-corrected chi connectivity index (χ4v) is 2.23. The van der Waals surface area contributed by atoms with Crippen molar-refractivity contribution in [2.45, 2.75) is 18.5 Å². The second kappa shape index (κ2) is 7.84. The van der Waals surface area contributed by atoms with Gasteiger partial charge in [0, 0.05) is 11.8 Å². The van der Waals surface area contributed by atoms with E-state index in [4.69, 9.17) is 0 Å². The summed E-state index contributed by atoms with van der Waals surface area (Å²) in [6.07, 6.45) is -16.8. The first kappa shape index (κ1) is 23.6. The molecule has 0 saturated carbocycles. The molecule has 0 fully saturated rings. The third-order valence-electron chi connectivity index (χ3n) is 3.54. The van der Waals surface area contributed by atoms with Gasteiger partial charge in [0.25, 0.3) is 0 Å². The summed E-state index contributed by atoms with van der Waals surface area (Å²) in [5.74, 6) is -1.03. The summed E-state index contributed by atoms with van der Waals surface area (Å²) >= 11 is 0. The summed E-state index contributed by atoms with van der Waals surface area (Å²) in [5.41, 5.74) is -6.26. The molecule has 16 heteroatoms. The standard InChI is InChI=1S/C15H7F8N3O5/c16-13(17,18)9-5-6-10(25(27)28)12(26(29)30)11(9)24-7-1-3-8(4-2-7)31-15(22,23)14(19,20)21/h1-6,24H. The smallest absolute Gasteiger partial charge is 0.426 e. The lowest BCUT2D eigenvalue weighted by molar-refractivity contribution is -0.422. The molecule has 2 aromatic carbocycles. The molecule has 0 heterocycles. The first-order valence-electron chi connectivity index (χ1n) is 7.58. The molecule has 0 atom stereocenters. The predicted molar refractivity (Wildman–Crippen MR) is 86.1 cm³/mol. The average molecular weight is 461 g/mol. The zero-order valence-corrected chi connectivity index (χ0v) is 14.4. The van der Waals surface area contributed by atoms with E-state index in [1.807, 2.05) is 5.32 Å². The van der Waals surface area contributed by atoms with Gasteiger partial charge in [-0.1, -0.05) is 0 Å². The van der Waals surface area contributed by atoms with Gasteiger partial charge in [0.1, 0.15) is 11.4 Å². The number of nitrogens with one attached hydrogen (secondary N) is 1. The van der Waals surface area contributed by atoms with Crippen LogP contribution in [0.25, 0.3) is 0 Å². The quantitative estimate of drug-likeness (QED) is 0.331. The maximum Gasteiger partial charge on any atom is 0.499 e. The lowest BCUT2D eigenvalue weighted by Gasteiger charge is -2.20. The fraction of sp³-hybridized carbons (Fsp3) is 0.200. The zero-order chi connectivity index (χ0) is 23.8. The number of halogens is 8. The average Bonchev–Trinajstić information content (AvgIpc) is 2.60. The van der Waals surface area contributed by atoms with Gasteiger partial charge in [0.15, 0.2) is 0 Å². The number of hydrogen-bond donors (Lipinski definition) is 1. The minimum atomic E-state index is -6.05. The third-order valence-corrected chi connectivity index (χ3v) is 3.54. The Morgan fingerprint density at radius 1 is 0.806 bits per heavy atom. The second-order valence-corrected chi connectivity index (χ2v) is 5.63. The van der Waals surface area contributed by atoms with E-state index in [9.17, 15) is 55.4 Å². The van der Waals surface area contributed by atoms with E-state index in [1.54, 1.807) is 0 Å². The number of nitrogens with zero attached hydrogens (tertiary/aromatic N) is 2. The Balaban J connectivity index is 2.49. The summed E-state index contributed by atoms with van der Waals surface area (Å²) in [5, 5.41) is 24.1. The van der Waals surface area contributed by atoms with Crippen molar-refractivity contribution in [2.75, 3.05) is 5.32 Å². The molecular formula is C15H7F8N3O5. The van der Waals surface area contributed by atoms with Crippen LogP contribution in [0.2, 0.25) is 0 Å². The molecule has 168 valence electrons. The van der Waals surface area contributed by atoms with E-state index in [0.717, 1.165) is 0 Å². The zero-order valence-electron chi connectivity index (χ0n) is 14.4. The van der Waals surface area contributed by atoms with Crippen molar-refractivity contribution in [1.29, 1.82) is 0 Å². The molecule has 2 rings (SSSR count). The van der Waals surface area contributed by atoms with Crippen LogP contribution in [0.4, 0.5) is 57.9 Å². The molecule has 0 saturated heterocycles. The van der Waals surface area contributed by atoms with Crippen LogP contribution in [-0.2, 0) is 6.18 Å². The normalized spacial score (nSPS) is 12.4. The Kier molecular flexibility index (Phi) is 5.96. The largest absolute Gasteiger partial charge is 0.499 e. The van der Waals surface area contributed by atoms with Crippen LogP contribution in [-0.4, -0.2) is 22.1 Å². The van der Waals surface area contributed by atoms with Crippen molar-refractivity contribution in [1.82, 2.24) is 0 Å². The number of hydrogen-bond acceptors (Lipinski definition) is 6. The molecule has 0 radical (unpaired) electrons. The summed E-state index contributed by atoms with van der Waals surface area (Å²) in [4.78, 5) is 19.4. The van der Waals surface area contributed by atoms with Crippen molar-refractivity contribution in [3.05, 3.63) is 62.2 Å². The number of nitro benzene ring substituents is 2. The molecule has 1 N–H and O–H groups in total. The fourth-order valence-electron chi connectivity index (χ4n) is 2.23. The van der Waals surface area contributed by atoms with E-state index in [2.05, 4.69) is 4.74 Å². The molecule has 0 amide bonds. The van der Waals surface area contributed by atoms with Gasteiger partial charge in [-0.25, -0.2) is 0 Å². The molecule has 0 aromatic heterocycles. The van der Waals surface area contributed by atoms with E-state index < -0.39 is 62.4 Å². The van der Waals surface area contributed by atoms with Crippen LogP contribution in [0.1, 0.15) is 5.56 Å². The number of alkyl halides is 8. The second-order valence-electron chi connectivity index (χ2n) is 5.63. The maximum atomic E-state index is 13.2. The molecule has 8 nitrogen and oxygen atoms in total. The number of ether oxygens (including phenoxy) is 1. The van der Waals surface area contributed by atoms with Crippen LogP contribution < -0.4 is 10.1 Å². The number of rotatable bonds is 6. The van der Waals surface area contributed by atoms with E-state index in [0.29, 0.717) is 24.3 Å². The van der Waals surface area contributed by atoms with Crippen LogP contribution in [0.15, 0.2) is 36.4 Å². The lowest BCUT2D eigenvalue weighted by atomic mass is 10.1. The van der Waals surface area contributed by atoms with Gasteiger partial charge < -0.3 is 10.1 Å². The number of nitro groups is 2. The third kappa shape index (κ3) is 5.07. The highest BCUT2D eigenvalue weighted by Gasteiger charge is 2.61. The van der Waals surface area contributed by atoms with Crippen LogP contribution in [0, 0.1) is 20.2 Å². The molecule has 2 aromatic rings. The number of anilines is 2. The minimum Gasteiger partial charge on any atom is -0.426 e. The molecule has 0 unspecified atom stereocenters. The topological polar surface area (TPSA) is 108 Å². The molecule has 0 aliphatic carbocycles. The summed E-state index contributed by atoms with van der Waals surface area (Å²) < 4.78 is 105. The van der Waals surface area contributed by atoms with Gasteiger partial charge >= 0.3 is 29.8 Å². The molecule has 31 heavy (non-hydrogen) atoms. The van der Waals surface area contributed by atoms with E-state index in [-0.39, 0.29) is 12.1 Å². The highest BCUT2D eigenvalue weighted by molar-refractivity contribution is 5.80. The summed E-state index contributed by atoms with van der Waals surface area (Å²) in [6, 6.07) is 2.86. The van der Waals surface area contributed by atoms with Crippen molar-refractivity contribution in [2.24, 2.45) is 0 Å². The molecule has 0 aliphatic heterocycles. The molecular weight excluding hydrogens is 454 g/mol. The van der Waals surface area contributed by atoms with Gasteiger partial charge in [-0.2, -0.15) is 35.1 Å². The van der Waals surface area contributed by atoms with Crippen LogP contribution in [0.5, 0.6) is 5.75 Å². The van der Waals surface area contributed by atoms with Gasteiger partial charge in [-0.3, -0.25) is 20.2 Å². The van der Waals surface area contributed by atoms with Gasteiger partial charge in [0.05, 0.1) is 15.4 Å². The molecule has 0 bridgehead atoms. The summed E-state index contributed by atoms with van der Waals surface area (Å²) in [7, 11) is 0.